The Kier molecular flexibility index (Phi) is 7.91. The highest BCUT2D eigenvalue weighted by atomic mass is 16.5. The van der Waals surface area contributed by atoms with Gasteiger partial charge in [0.25, 0.3) is 5.91 Å². The Hall–Kier alpha value is -4.53. The number of aryl methyl sites for hydroxylation is 1. The van der Waals surface area contributed by atoms with Gasteiger partial charge < -0.3 is 28.9 Å². The summed E-state index contributed by atoms with van der Waals surface area (Å²) in [6.07, 6.45) is 1.15. The van der Waals surface area contributed by atoms with Gasteiger partial charge in [-0.1, -0.05) is 12.1 Å². The number of nitrogens with zero attached hydrogens (tertiary/aromatic N) is 3. The number of hydrogen-bond acceptors (Lipinski definition) is 7. The molecule has 1 saturated heterocycles. The molecule has 2 heterocycles. The zero-order valence-corrected chi connectivity index (χ0v) is 23.0. The first-order valence-corrected chi connectivity index (χ1v) is 13.3. The van der Waals surface area contributed by atoms with Crippen molar-refractivity contribution in [1.29, 1.82) is 0 Å². The van der Waals surface area contributed by atoms with Gasteiger partial charge in [-0.25, -0.2) is 0 Å². The van der Waals surface area contributed by atoms with Gasteiger partial charge in [0.05, 0.1) is 20.8 Å². The molecule has 0 aromatic heterocycles. The van der Waals surface area contributed by atoms with Gasteiger partial charge in [0.15, 0.2) is 11.5 Å². The van der Waals surface area contributed by atoms with E-state index in [0.717, 1.165) is 35.6 Å². The predicted octanol–water partition coefficient (Wildman–Crippen LogP) is 4.07. The molecule has 2 amide bonds. The van der Waals surface area contributed by atoms with Crippen LogP contribution in [0.2, 0.25) is 0 Å². The molecular formula is C31H33N3O6. The molecule has 0 spiro atoms. The molecule has 3 aromatic rings. The van der Waals surface area contributed by atoms with Gasteiger partial charge in [-0.3, -0.25) is 14.4 Å². The summed E-state index contributed by atoms with van der Waals surface area (Å²) in [5.41, 5.74) is 4.68. The van der Waals surface area contributed by atoms with Crippen LogP contribution in [-0.2, 0) is 22.6 Å². The standard InChI is InChI=1S/C31H33N3O6/c1-21(35)40-26-9-4-22(5-10-26)20-34-27-11-8-25(18-23(27)7-13-30(34)36)32-14-16-33(17-15-32)31(37)24-6-12-28(38-2)29(19-24)39-3/h4-6,8-12,18-19H,7,13-17,20H2,1-3H3. The van der Waals surface area contributed by atoms with Crippen LogP contribution in [0.5, 0.6) is 17.2 Å². The first-order chi connectivity index (χ1) is 19.4. The molecule has 0 bridgehead atoms. The number of rotatable bonds is 7. The predicted molar refractivity (Wildman–Crippen MR) is 151 cm³/mol. The van der Waals surface area contributed by atoms with Gasteiger partial charge in [0.1, 0.15) is 5.75 Å². The molecule has 208 valence electrons. The van der Waals surface area contributed by atoms with Gasteiger partial charge in [0, 0.05) is 56.5 Å². The van der Waals surface area contributed by atoms with Gasteiger partial charge >= 0.3 is 5.97 Å². The van der Waals surface area contributed by atoms with Crippen LogP contribution < -0.4 is 24.0 Å². The molecule has 0 unspecified atom stereocenters. The number of ether oxygens (including phenoxy) is 3. The highest BCUT2D eigenvalue weighted by Gasteiger charge is 2.27. The quantitative estimate of drug-likeness (QED) is 0.328. The van der Waals surface area contributed by atoms with Crippen molar-refractivity contribution in [3.63, 3.8) is 0 Å². The molecule has 0 atom stereocenters. The average molecular weight is 544 g/mol. The van der Waals surface area contributed by atoms with Crippen LogP contribution in [0.25, 0.3) is 0 Å². The van der Waals surface area contributed by atoms with Crippen molar-refractivity contribution in [3.8, 4) is 17.2 Å². The van der Waals surface area contributed by atoms with Crippen molar-refractivity contribution < 1.29 is 28.6 Å². The van der Waals surface area contributed by atoms with Gasteiger partial charge in [-0.2, -0.15) is 0 Å². The van der Waals surface area contributed by atoms with Gasteiger partial charge in [-0.05, 0) is 66.1 Å². The van der Waals surface area contributed by atoms with E-state index >= 15 is 0 Å². The fourth-order valence-corrected chi connectivity index (χ4v) is 5.25. The number of piperazine rings is 1. The molecule has 2 aliphatic heterocycles. The van der Waals surface area contributed by atoms with E-state index in [1.54, 1.807) is 44.6 Å². The molecule has 0 saturated carbocycles. The van der Waals surface area contributed by atoms with Crippen LogP contribution in [0.1, 0.15) is 34.8 Å². The minimum Gasteiger partial charge on any atom is -0.493 e. The fraction of sp³-hybridized carbons (Fsp3) is 0.323. The lowest BCUT2D eigenvalue weighted by molar-refractivity contribution is -0.131. The Morgan fingerprint density at radius 1 is 0.825 bits per heavy atom. The topological polar surface area (TPSA) is 88.6 Å². The Morgan fingerprint density at radius 2 is 1.55 bits per heavy atom. The molecule has 0 radical (unpaired) electrons. The lowest BCUT2D eigenvalue weighted by Crippen LogP contribution is -2.48. The molecule has 1 fully saturated rings. The normalized spacial score (nSPS) is 15.0. The average Bonchev–Trinajstić information content (AvgIpc) is 2.98. The molecule has 0 aliphatic carbocycles. The van der Waals surface area contributed by atoms with E-state index in [1.165, 1.54) is 6.92 Å². The smallest absolute Gasteiger partial charge is 0.308 e. The monoisotopic (exact) mass is 543 g/mol. The third-order valence-electron chi connectivity index (χ3n) is 7.35. The molecule has 0 N–H and O–H groups in total. The summed E-state index contributed by atoms with van der Waals surface area (Å²) in [6, 6.07) is 18.7. The summed E-state index contributed by atoms with van der Waals surface area (Å²) in [4.78, 5) is 43.1. The lowest BCUT2D eigenvalue weighted by Gasteiger charge is -2.37. The van der Waals surface area contributed by atoms with Crippen LogP contribution in [-0.4, -0.2) is 63.1 Å². The number of amides is 2. The first-order valence-electron chi connectivity index (χ1n) is 13.3. The van der Waals surface area contributed by atoms with Crippen LogP contribution in [0.15, 0.2) is 60.7 Å². The molecule has 40 heavy (non-hydrogen) atoms. The maximum atomic E-state index is 13.1. The van der Waals surface area contributed by atoms with E-state index in [-0.39, 0.29) is 17.8 Å². The number of fused-ring (bicyclic) bond motifs is 1. The van der Waals surface area contributed by atoms with Gasteiger partial charge in [-0.15, -0.1) is 0 Å². The summed E-state index contributed by atoms with van der Waals surface area (Å²) in [5, 5.41) is 0. The van der Waals surface area contributed by atoms with E-state index in [2.05, 4.69) is 17.0 Å². The number of anilines is 2. The highest BCUT2D eigenvalue weighted by molar-refractivity contribution is 5.97. The van der Waals surface area contributed by atoms with Crippen molar-refractivity contribution in [2.24, 2.45) is 0 Å². The maximum absolute atomic E-state index is 13.1. The van der Waals surface area contributed by atoms with Gasteiger partial charge in [0.2, 0.25) is 5.91 Å². The number of hydrogen-bond donors (Lipinski definition) is 0. The Balaban J connectivity index is 1.24. The molecule has 2 aliphatic rings. The number of esters is 1. The molecule has 5 rings (SSSR count). The van der Waals surface area contributed by atoms with E-state index in [4.69, 9.17) is 14.2 Å². The summed E-state index contributed by atoms with van der Waals surface area (Å²) >= 11 is 0. The Labute approximate surface area is 233 Å². The third-order valence-corrected chi connectivity index (χ3v) is 7.35. The number of benzene rings is 3. The van der Waals surface area contributed by atoms with E-state index in [9.17, 15) is 14.4 Å². The van der Waals surface area contributed by atoms with Crippen molar-refractivity contribution in [2.75, 3.05) is 50.2 Å². The maximum Gasteiger partial charge on any atom is 0.308 e. The van der Waals surface area contributed by atoms with E-state index in [1.807, 2.05) is 28.0 Å². The second-order valence-electron chi connectivity index (χ2n) is 9.88. The van der Waals surface area contributed by atoms with Crippen LogP contribution in [0.4, 0.5) is 11.4 Å². The number of carbonyl (C=O) groups excluding carboxylic acids is 3. The number of methoxy groups -OCH3 is 2. The highest BCUT2D eigenvalue weighted by Crippen LogP contribution is 2.33. The van der Waals surface area contributed by atoms with Crippen molar-refractivity contribution in [2.45, 2.75) is 26.3 Å². The molecule has 3 aromatic carbocycles. The summed E-state index contributed by atoms with van der Waals surface area (Å²) in [6.45, 7) is 4.47. The SMILES string of the molecule is COc1ccc(C(=O)N2CCN(c3ccc4c(c3)CCC(=O)N4Cc3ccc(OC(C)=O)cc3)CC2)cc1OC. The van der Waals surface area contributed by atoms with Crippen LogP contribution in [0.3, 0.4) is 0 Å². The van der Waals surface area contributed by atoms with Crippen LogP contribution >= 0.6 is 0 Å². The van der Waals surface area contributed by atoms with E-state index in [0.29, 0.717) is 55.3 Å². The minimum absolute atomic E-state index is 0.0268. The molecule has 9 nitrogen and oxygen atoms in total. The number of carbonyl (C=O) groups is 3. The van der Waals surface area contributed by atoms with Crippen molar-refractivity contribution in [1.82, 2.24) is 4.90 Å². The summed E-state index contributed by atoms with van der Waals surface area (Å²) < 4.78 is 15.8. The summed E-state index contributed by atoms with van der Waals surface area (Å²) in [5.74, 6) is 1.31. The first kappa shape index (κ1) is 27.1. The fourth-order valence-electron chi connectivity index (χ4n) is 5.25. The largest absolute Gasteiger partial charge is 0.493 e. The Bertz CT molecular complexity index is 1410. The lowest BCUT2D eigenvalue weighted by atomic mass is 9.99. The van der Waals surface area contributed by atoms with Crippen molar-refractivity contribution in [3.05, 3.63) is 77.4 Å². The van der Waals surface area contributed by atoms with Crippen molar-refractivity contribution >= 4 is 29.2 Å². The van der Waals surface area contributed by atoms with E-state index < -0.39 is 0 Å². The zero-order chi connectivity index (χ0) is 28.2. The molecule has 9 heteroatoms. The second kappa shape index (κ2) is 11.7. The third kappa shape index (κ3) is 5.73. The molecular weight excluding hydrogens is 510 g/mol. The second-order valence-corrected chi connectivity index (χ2v) is 9.88. The summed E-state index contributed by atoms with van der Waals surface area (Å²) in [7, 11) is 3.13. The minimum atomic E-state index is -0.366. The Morgan fingerprint density at radius 3 is 2.23 bits per heavy atom. The van der Waals surface area contributed by atoms with Crippen LogP contribution in [0, 0.1) is 0 Å². The zero-order valence-electron chi connectivity index (χ0n) is 23.0.